The topological polar surface area (TPSA) is 35.2 Å². The molecule has 0 fully saturated rings. The van der Waals surface area contributed by atoms with Gasteiger partial charge in [-0.2, -0.15) is 0 Å². The number of rotatable bonds is 4. The molecule has 0 aromatic heterocycles. The van der Waals surface area contributed by atoms with Crippen LogP contribution >= 0.6 is 0 Å². The Hall–Kier alpha value is -0.930. The van der Waals surface area contributed by atoms with E-state index in [1.54, 1.807) is 12.1 Å². The van der Waals surface area contributed by atoms with E-state index < -0.39 is 0 Å². The number of ether oxygens (including phenoxy) is 1. The van der Waals surface area contributed by atoms with Gasteiger partial charge < -0.3 is 10.5 Å². The summed E-state index contributed by atoms with van der Waals surface area (Å²) < 4.78 is 17.9. The van der Waals surface area contributed by atoms with Gasteiger partial charge >= 0.3 is 0 Å². The SMILES string of the molecule is CCOCC(N)c1cccc(F)c1. The predicted molar refractivity (Wildman–Crippen MR) is 49.8 cm³/mol. The molecule has 0 amide bonds. The molecule has 13 heavy (non-hydrogen) atoms. The molecular formula is C10H14FNO. The molecule has 0 saturated carbocycles. The van der Waals surface area contributed by atoms with Crippen LogP contribution in [0.3, 0.4) is 0 Å². The molecule has 3 heteroatoms. The zero-order chi connectivity index (χ0) is 9.68. The molecule has 1 unspecified atom stereocenters. The van der Waals surface area contributed by atoms with E-state index >= 15 is 0 Å². The highest BCUT2D eigenvalue weighted by Gasteiger charge is 2.05. The molecule has 0 heterocycles. The third kappa shape index (κ3) is 3.13. The molecule has 2 N–H and O–H groups in total. The molecule has 0 aliphatic rings. The van der Waals surface area contributed by atoms with E-state index in [0.717, 1.165) is 5.56 Å². The van der Waals surface area contributed by atoms with Crippen molar-refractivity contribution in [2.24, 2.45) is 5.73 Å². The molecule has 0 spiro atoms. The van der Waals surface area contributed by atoms with Gasteiger partial charge in [0, 0.05) is 6.61 Å². The summed E-state index contributed by atoms with van der Waals surface area (Å²) in [5.74, 6) is -0.260. The molecule has 0 saturated heterocycles. The quantitative estimate of drug-likeness (QED) is 0.773. The normalized spacial score (nSPS) is 12.8. The molecule has 1 atom stereocenters. The summed E-state index contributed by atoms with van der Waals surface area (Å²) in [5, 5.41) is 0. The van der Waals surface area contributed by atoms with Crippen LogP contribution in [-0.4, -0.2) is 13.2 Å². The van der Waals surface area contributed by atoms with Gasteiger partial charge in [0.05, 0.1) is 12.6 Å². The summed E-state index contributed by atoms with van der Waals surface area (Å²) >= 11 is 0. The van der Waals surface area contributed by atoms with E-state index in [1.807, 2.05) is 6.92 Å². The first-order chi connectivity index (χ1) is 6.24. The van der Waals surface area contributed by atoms with E-state index in [0.29, 0.717) is 13.2 Å². The summed E-state index contributed by atoms with van der Waals surface area (Å²) in [6.45, 7) is 2.96. The minimum atomic E-state index is -0.260. The van der Waals surface area contributed by atoms with E-state index in [-0.39, 0.29) is 11.9 Å². The highest BCUT2D eigenvalue weighted by molar-refractivity contribution is 5.19. The second-order valence-corrected chi connectivity index (χ2v) is 2.82. The third-order valence-corrected chi connectivity index (χ3v) is 1.78. The van der Waals surface area contributed by atoms with Gasteiger partial charge in [-0.05, 0) is 24.6 Å². The zero-order valence-corrected chi connectivity index (χ0v) is 7.66. The fourth-order valence-electron chi connectivity index (χ4n) is 1.08. The summed E-state index contributed by atoms with van der Waals surface area (Å²) in [6.07, 6.45) is 0. The number of hydrogen-bond acceptors (Lipinski definition) is 2. The van der Waals surface area contributed by atoms with Crippen LogP contribution in [0, 0.1) is 5.82 Å². The van der Waals surface area contributed by atoms with Crippen LogP contribution < -0.4 is 5.73 Å². The molecule has 0 radical (unpaired) electrons. The van der Waals surface area contributed by atoms with E-state index in [9.17, 15) is 4.39 Å². The fraction of sp³-hybridized carbons (Fsp3) is 0.400. The first-order valence-electron chi connectivity index (χ1n) is 4.33. The van der Waals surface area contributed by atoms with Crippen LogP contribution in [0.2, 0.25) is 0 Å². The Morgan fingerprint density at radius 2 is 2.31 bits per heavy atom. The van der Waals surface area contributed by atoms with Crippen molar-refractivity contribution < 1.29 is 9.13 Å². The van der Waals surface area contributed by atoms with Gasteiger partial charge in [0.25, 0.3) is 0 Å². The lowest BCUT2D eigenvalue weighted by Crippen LogP contribution is -2.17. The van der Waals surface area contributed by atoms with Crippen molar-refractivity contribution in [1.29, 1.82) is 0 Å². The van der Waals surface area contributed by atoms with Crippen molar-refractivity contribution in [2.75, 3.05) is 13.2 Å². The lowest BCUT2D eigenvalue weighted by atomic mass is 10.1. The van der Waals surface area contributed by atoms with Crippen molar-refractivity contribution in [2.45, 2.75) is 13.0 Å². The van der Waals surface area contributed by atoms with Crippen LogP contribution in [0.25, 0.3) is 0 Å². The minimum Gasteiger partial charge on any atom is -0.380 e. The van der Waals surface area contributed by atoms with Crippen LogP contribution in [0.15, 0.2) is 24.3 Å². The van der Waals surface area contributed by atoms with Gasteiger partial charge in [-0.3, -0.25) is 0 Å². The highest BCUT2D eigenvalue weighted by Crippen LogP contribution is 2.11. The first kappa shape index (κ1) is 10.2. The smallest absolute Gasteiger partial charge is 0.123 e. The maximum atomic E-state index is 12.8. The Bertz CT molecular complexity index is 265. The van der Waals surface area contributed by atoms with Gasteiger partial charge in [0.2, 0.25) is 0 Å². The lowest BCUT2D eigenvalue weighted by Gasteiger charge is -2.11. The molecule has 1 rings (SSSR count). The molecule has 0 bridgehead atoms. The van der Waals surface area contributed by atoms with Gasteiger partial charge in [0.15, 0.2) is 0 Å². The maximum absolute atomic E-state index is 12.8. The monoisotopic (exact) mass is 183 g/mol. The zero-order valence-electron chi connectivity index (χ0n) is 7.66. The Morgan fingerprint density at radius 3 is 2.92 bits per heavy atom. The van der Waals surface area contributed by atoms with Crippen LogP contribution in [0.1, 0.15) is 18.5 Å². The number of nitrogens with two attached hydrogens (primary N) is 1. The maximum Gasteiger partial charge on any atom is 0.123 e. The van der Waals surface area contributed by atoms with E-state index in [4.69, 9.17) is 10.5 Å². The fourth-order valence-corrected chi connectivity index (χ4v) is 1.08. The van der Waals surface area contributed by atoms with E-state index in [1.165, 1.54) is 12.1 Å². The molecule has 1 aromatic rings. The average molecular weight is 183 g/mol. The summed E-state index contributed by atoms with van der Waals surface area (Å²) in [7, 11) is 0. The summed E-state index contributed by atoms with van der Waals surface area (Å²) in [5.41, 5.74) is 6.53. The largest absolute Gasteiger partial charge is 0.380 e. The van der Waals surface area contributed by atoms with Crippen molar-refractivity contribution in [3.05, 3.63) is 35.6 Å². The van der Waals surface area contributed by atoms with Gasteiger partial charge in [-0.25, -0.2) is 4.39 Å². The predicted octanol–water partition coefficient (Wildman–Crippen LogP) is 1.86. The van der Waals surface area contributed by atoms with Crippen molar-refractivity contribution >= 4 is 0 Å². The lowest BCUT2D eigenvalue weighted by molar-refractivity contribution is 0.133. The molecule has 72 valence electrons. The average Bonchev–Trinajstić information content (AvgIpc) is 2.14. The first-order valence-corrected chi connectivity index (χ1v) is 4.33. The van der Waals surface area contributed by atoms with Crippen LogP contribution in [-0.2, 0) is 4.74 Å². The van der Waals surface area contributed by atoms with Crippen molar-refractivity contribution in [1.82, 2.24) is 0 Å². The third-order valence-electron chi connectivity index (χ3n) is 1.78. The molecule has 1 aromatic carbocycles. The standard InChI is InChI=1S/C10H14FNO/c1-2-13-7-10(12)8-4-3-5-9(11)6-8/h3-6,10H,2,7,12H2,1H3. The van der Waals surface area contributed by atoms with Crippen molar-refractivity contribution in [3.8, 4) is 0 Å². The Labute approximate surface area is 77.5 Å². The summed E-state index contributed by atoms with van der Waals surface area (Å²) in [6, 6.07) is 6.04. The second-order valence-electron chi connectivity index (χ2n) is 2.82. The Morgan fingerprint density at radius 1 is 1.54 bits per heavy atom. The number of hydrogen-bond donors (Lipinski definition) is 1. The molecule has 0 aliphatic carbocycles. The Kier molecular flexibility index (Phi) is 3.86. The molecule has 0 aliphatic heterocycles. The minimum absolute atomic E-state index is 0.240. The summed E-state index contributed by atoms with van der Waals surface area (Å²) in [4.78, 5) is 0. The number of halogens is 1. The molecule has 2 nitrogen and oxygen atoms in total. The highest BCUT2D eigenvalue weighted by atomic mass is 19.1. The van der Waals surface area contributed by atoms with Crippen molar-refractivity contribution in [3.63, 3.8) is 0 Å². The molecular weight excluding hydrogens is 169 g/mol. The Balaban J connectivity index is 2.60. The second kappa shape index (κ2) is 4.94. The van der Waals surface area contributed by atoms with Crippen LogP contribution in [0.4, 0.5) is 4.39 Å². The van der Waals surface area contributed by atoms with Gasteiger partial charge in [-0.1, -0.05) is 12.1 Å². The van der Waals surface area contributed by atoms with Gasteiger partial charge in [0.1, 0.15) is 5.82 Å². The number of benzene rings is 1. The van der Waals surface area contributed by atoms with E-state index in [2.05, 4.69) is 0 Å². The van der Waals surface area contributed by atoms with Crippen LogP contribution in [0.5, 0.6) is 0 Å². The van der Waals surface area contributed by atoms with Gasteiger partial charge in [-0.15, -0.1) is 0 Å².